The quantitative estimate of drug-likeness (QED) is 0.770. The average Bonchev–Trinajstić information content (AvgIpc) is 2.95. The molecular weight excluding hydrogens is 195 g/mol. The van der Waals surface area contributed by atoms with Crippen molar-refractivity contribution in [2.75, 3.05) is 5.32 Å². The highest BCUT2D eigenvalue weighted by Gasteiger charge is 2.23. The molecule has 15 heavy (non-hydrogen) atoms. The van der Waals surface area contributed by atoms with Crippen molar-refractivity contribution in [1.82, 2.24) is 5.32 Å². The van der Waals surface area contributed by atoms with Crippen LogP contribution in [0.3, 0.4) is 0 Å². The van der Waals surface area contributed by atoms with Gasteiger partial charge in [0.1, 0.15) is 5.82 Å². The lowest BCUT2D eigenvalue weighted by atomic mass is 10.2. The van der Waals surface area contributed by atoms with Gasteiger partial charge in [-0.25, -0.2) is 9.18 Å². The monoisotopic (exact) mass is 208 g/mol. The standard InChI is InChI=1S/C11H13FN2O/c1-7-2-3-9(6-10(7)12)14-11(15)13-8-4-5-8/h2-3,6,8H,4-5H2,1H3,(H2,13,14,15). The Kier molecular flexibility index (Phi) is 2.58. The fourth-order valence-corrected chi connectivity index (χ4v) is 1.25. The largest absolute Gasteiger partial charge is 0.335 e. The van der Waals surface area contributed by atoms with Crippen LogP contribution in [0.25, 0.3) is 0 Å². The van der Waals surface area contributed by atoms with Crippen molar-refractivity contribution in [1.29, 1.82) is 0 Å². The first-order chi connectivity index (χ1) is 7.15. The van der Waals surface area contributed by atoms with E-state index in [1.54, 1.807) is 19.1 Å². The van der Waals surface area contributed by atoms with Crippen LogP contribution >= 0.6 is 0 Å². The average molecular weight is 208 g/mol. The van der Waals surface area contributed by atoms with Crippen LogP contribution in [0.4, 0.5) is 14.9 Å². The van der Waals surface area contributed by atoms with Gasteiger partial charge in [-0.3, -0.25) is 0 Å². The summed E-state index contributed by atoms with van der Waals surface area (Å²) in [6, 6.07) is 4.69. The Bertz CT molecular complexity index is 388. The van der Waals surface area contributed by atoms with Crippen molar-refractivity contribution in [3.63, 3.8) is 0 Å². The summed E-state index contributed by atoms with van der Waals surface area (Å²) >= 11 is 0. The first-order valence-corrected chi connectivity index (χ1v) is 4.99. The zero-order valence-corrected chi connectivity index (χ0v) is 8.51. The number of hydrogen-bond acceptors (Lipinski definition) is 1. The molecule has 2 N–H and O–H groups in total. The molecule has 0 saturated heterocycles. The second-order valence-electron chi connectivity index (χ2n) is 3.84. The molecule has 0 aliphatic heterocycles. The zero-order chi connectivity index (χ0) is 10.8. The summed E-state index contributed by atoms with van der Waals surface area (Å²) in [6.45, 7) is 1.68. The fourth-order valence-electron chi connectivity index (χ4n) is 1.25. The second-order valence-corrected chi connectivity index (χ2v) is 3.84. The molecule has 3 nitrogen and oxygen atoms in total. The number of nitrogens with one attached hydrogen (secondary N) is 2. The molecule has 1 aliphatic carbocycles. The van der Waals surface area contributed by atoms with E-state index in [0.29, 0.717) is 17.3 Å². The van der Waals surface area contributed by atoms with Gasteiger partial charge in [0.15, 0.2) is 0 Å². The Labute approximate surface area is 87.7 Å². The van der Waals surface area contributed by atoms with Gasteiger partial charge in [-0.05, 0) is 37.5 Å². The number of anilines is 1. The predicted octanol–water partition coefficient (Wildman–Crippen LogP) is 2.42. The van der Waals surface area contributed by atoms with Crippen LogP contribution < -0.4 is 10.6 Å². The summed E-state index contributed by atoms with van der Waals surface area (Å²) in [7, 11) is 0. The lowest BCUT2D eigenvalue weighted by molar-refractivity contribution is 0.251. The molecule has 0 unspecified atom stereocenters. The van der Waals surface area contributed by atoms with Crippen LogP contribution in [0, 0.1) is 12.7 Å². The second kappa shape index (κ2) is 3.88. The molecule has 0 aromatic heterocycles. The number of benzene rings is 1. The number of rotatable bonds is 2. The number of halogens is 1. The third-order valence-corrected chi connectivity index (χ3v) is 2.34. The number of carbonyl (C=O) groups excluding carboxylic acids is 1. The fraction of sp³-hybridized carbons (Fsp3) is 0.364. The van der Waals surface area contributed by atoms with Gasteiger partial charge >= 0.3 is 6.03 Å². The highest BCUT2D eigenvalue weighted by atomic mass is 19.1. The van der Waals surface area contributed by atoms with E-state index in [1.165, 1.54) is 6.07 Å². The maximum absolute atomic E-state index is 13.1. The molecule has 0 radical (unpaired) electrons. The number of aryl methyl sites for hydroxylation is 1. The molecule has 1 aliphatic rings. The summed E-state index contributed by atoms with van der Waals surface area (Å²) < 4.78 is 13.1. The number of hydrogen-bond donors (Lipinski definition) is 2. The third-order valence-electron chi connectivity index (χ3n) is 2.34. The Morgan fingerprint density at radius 1 is 1.47 bits per heavy atom. The zero-order valence-electron chi connectivity index (χ0n) is 8.51. The minimum absolute atomic E-state index is 0.263. The molecule has 0 heterocycles. The summed E-state index contributed by atoms with van der Waals surface area (Å²) in [5.74, 6) is -0.306. The van der Waals surface area contributed by atoms with Gasteiger partial charge in [0.25, 0.3) is 0 Å². The normalized spacial score (nSPS) is 14.8. The lowest BCUT2D eigenvalue weighted by Gasteiger charge is -2.07. The van der Waals surface area contributed by atoms with Crippen LogP contribution in [-0.4, -0.2) is 12.1 Å². The summed E-state index contributed by atoms with van der Waals surface area (Å²) in [6.07, 6.45) is 2.07. The van der Waals surface area contributed by atoms with Gasteiger partial charge in [0.2, 0.25) is 0 Å². The van der Waals surface area contributed by atoms with E-state index in [4.69, 9.17) is 0 Å². The smallest absolute Gasteiger partial charge is 0.319 e. The van der Waals surface area contributed by atoms with Crippen LogP contribution in [0.1, 0.15) is 18.4 Å². The highest BCUT2D eigenvalue weighted by Crippen LogP contribution is 2.19. The molecule has 1 aromatic carbocycles. The number of urea groups is 1. The maximum atomic E-state index is 13.1. The highest BCUT2D eigenvalue weighted by molar-refractivity contribution is 5.89. The Morgan fingerprint density at radius 2 is 2.20 bits per heavy atom. The maximum Gasteiger partial charge on any atom is 0.319 e. The van der Waals surface area contributed by atoms with Crippen LogP contribution in [0.5, 0.6) is 0 Å². The van der Waals surface area contributed by atoms with Crippen LogP contribution in [0.15, 0.2) is 18.2 Å². The Morgan fingerprint density at radius 3 is 2.80 bits per heavy atom. The SMILES string of the molecule is Cc1ccc(NC(=O)NC2CC2)cc1F. The molecule has 2 amide bonds. The van der Waals surface area contributed by atoms with Gasteiger partial charge in [-0.2, -0.15) is 0 Å². The summed E-state index contributed by atoms with van der Waals surface area (Å²) in [5.41, 5.74) is 1.06. The van der Waals surface area contributed by atoms with Crippen LogP contribution in [0.2, 0.25) is 0 Å². The van der Waals surface area contributed by atoms with E-state index >= 15 is 0 Å². The topological polar surface area (TPSA) is 41.1 Å². The van der Waals surface area contributed by atoms with E-state index in [9.17, 15) is 9.18 Å². The molecule has 1 aromatic rings. The summed E-state index contributed by atoms with van der Waals surface area (Å²) in [5, 5.41) is 5.36. The molecule has 0 bridgehead atoms. The molecule has 4 heteroatoms. The first-order valence-electron chi connectivity index (χ1n) is 4.99. The number of carbonyl (C=O) groups is 1. The predicted molar refractivity (Wildman–Crippen MR) is 56.3 cm³/mol. The van der Waals surface area contributed by atoms with E-state index in [-0.39, 0.29) is 11.8 Å². The van der Waals surface area contributed by atoms with Gasteiger partial charge in [-0.15, -0.1) is 0 Å². The number of amides is 2. The Balaban J connectivity index is 1.97. The first kappa shape index (κ1) is 9.96. The van der Waals surface area contributed by atoms with E-state index in [0.717, 1.165) is 12.8 Å². The lowest BCUT2D eigenvalue weighted by Crippen LogP contribution is -2.30. The molecule has 0 atom stereocenters. The van der Waals surface area contributed by atoms with Crippen molar-refractivity contribution >= 4 is 11.7 Å². The van der Waals surface area contributed by atoms with Crippen molar-refractivity contribution in [3.8, 4) is 0 Å². The van der Waals surface area contributed by atoms with E-state index in [1.807, 2.05) is 0 Å². The van der Waals surface area contributed by atoms with Gasteiger partial charge in [-0.1, -0.05) is 6.07 Å². The third kappa shape index (κ3) is 2.68. The van der Waals surface area contributed by atoms with E-state index in [2.05, 4.69) is 10.6 Å². The van der Waals surface area contributed by atoms with E-state index < -0.39 is 0 Å². The van der Waals surface area contributed by atoms with Crippen molar-refractivity contribution in [2.45, 2.75) is 25.8 Å². The van der Waals surface area contributed by atoms with Crippen molar-refractivity contribution in [2.24, 2.45) is 0 Å². The molecule has 1 fully saturated rings. The van der Waals surface area contributed by atoms with Gasteiger partial charge < -0.3 is 10.6 Å². The van der Waals surface area contributed by atoms with Crippen molar-refractivity contribution < 1.29 is 9.18 Å². The minimum Gasteiger partial charge on any atom is -0.335 e. The Hall–Kier alpha value is -1.58. The van der Waals surface area contributed by atoms with Gasteiger partial charge in [0, 0.05) is 11.7 Å². The minimum atomic E-state index is -0.306. The molecule has 2 rings (SSSR count). The van der Waals surface area contributed by atoms with Crippen LogP contribution in [-0.2, 0) is 0 Å². The van der Waals surface area contributed by atoms with Crippen molar-refractivity contribution in [3.05, 3.63) is 29.6 Å². The molecule has 80 valence electrons. The summed E-state index contributed by atoms with van der Waals surface area (Å²) in [4.78, 5) is 11.3. The molecule has 1 saturated carbocycles. The molecule has 0 spiro atoms. The van der Waals surface area contributed by atoms with Gasteiger partial charge in [0.05, 0.1) is 0 Å². The molecular formula is C11H13FN2O.